The Morgan fingerprint density at radius 2 is 1.60 bits per heavy atom. The van der Waals surface area contributed by atoms with Gasteiger partial charge in [-0.2, -0.15) is 0 Å². The molecule has 3 fully saturated rings. The summed E-state index contributed by atoms with van der Waals surface area (Å²) >= 11 is 0. The smallest absolute Gasteiger partial charge is 0.338 e. The Balaban J connectivity index is 1.27. The average molecular weight is 864 g/mol. The predicted molar refractivity (Wildman–Crippen MR) is 240 cm³/mol. The maximum absolute atomic E-state index is 13.9. The van der Waals surface area contributed by atoms with Crippen molar-refractivity contribution in [2.75, 3.05) is 7.11 Å². The number of hydrogen-bond acceptors (Lipinski definition) is 11. The van der Waals surface area contributed by atoms with Crippen LogP contribution < -0.4 is 0 Å². The molecule has 4 aliphatic rings. The van der Waals surface area contributed by atoms with Gasteiger partial charge in [-0.3, -0.25) is 9.59 Å². The first-order chi connectivity index (χ1) is 29.8. The first-order valence-corrected chi connectivity index (χ1v) is 23.9. The number of carbonyl (C=O) groups excluding carboxylic acids is 3. The molecule has 2 bridgehead atoms. The van der Waals surface area contributed by atoms with E-state index in [4.69, 9.17) is 32.8 Å². The van der Waals surface area contributed by atoms with Crippen molar-refractivity contribution < 1.29 is 47.2 Å². The summed E-state index contributed by atoms with van der Waals surface area (Å²) in [5.41, 5.74) is 1.83. The molecule has 11 atom stereocenters. The summed E-state index contributed by atoms with van der Waals surface area (Å²) in [5.74, 6) is -0.712. The molecule has 346 valence electrons. The molecule has 11 heteroatoms. The molecule has 0 amide bonds. The number of nitrogens with zero attached hydrogens (tertiary/aromatic N) is 1. The van der Waals surface area contributed by atoms with Crippen LogP contribution in [0.1, 0.15) is 169 Å². The van der Waals surface area contributed by atoms with Crippen molar-refractivity contribution in [1.82, 2.24) is 4.98 Å². The molecule has 5 heterocycles. The van der Waals surface area contributed by atoms with Gasteiger partial charge in [0.15, 0.2) is 12.0 Å². The van der Waals surface area contributed by atoms with E-state index in [1.165, 1.54) is 64.2 Å². The standard InChI is InChI=1S/C51H77NO10/c1-9-10-11-12-13-14-15-16-17-18-19-20-21-25-46(53)61-45-32-42(37(5)48(56-8)36(4)24-22-23-34(2)28-40-33-57-38(6)52-40)60-50(55)49-43(59-49)30-39-29-41(58-47(54)31-39)35(3)26-27-44-51(45,7)62-44/h22-24,26-28,33,35,37,39,41-45,48-49H,9-21,25,29-32H2,1-8H3/b23-22+,27-26-,34-28+,36-24+/t35-,37+,39+,41-,42+,43-,44-,45+,48+,49-,51-/m1/s1. The summed E-state index contributed by atoms with van der Waals surface area (Å²) in [7, 11) is 1.65. The number of methoxy groups -OCH3 is 1. The summed E-state index contributed by atoms with van der Waals surface area (Å²) in [6.45, 7) is 14.1. The van der Waals surface area contributed by atoms with Crippen LogP contribution in [0.15, 0.2) is 52.2 Å². The van der Waals surface area contributed by atoms with Crippen molar-refractivity contribution in [3.05, 3.63) is 59.4 Å². The van der Waals surface area contributed by atoms with Gasteiger partial charge in [-0.05, 0) is 63.2 Å². The van der Waals surface area contributed by atoms with Crippen LogP contribution in [0.2, 0.25) is 0 Å². The fraction of sp³-hybridized carbons (Fsp3) is 0.725. The zero-order valence-corrected chi connectivity index (χ0v) is 39.1. The minimum Gasteiger partial charge on any atom is -0.462 e. The van der Waals surface area contributed by atoms with Crippen LogP contribution in [0.25, 0.3) is 6.08 Å². The monoisotopic (exact) mass is 864 g/mol. The molecule has 0 aliphatic carbocycles. The number of rotatable bonds is 22. The van der Waals surface area contributed by atoms with Crippen LogP contribution in [0, 0.1) is 24.7 Å². The third-order valence-corrected chi connectivity index (χ3v) is 13.4. The van der Waals surface area contributed by atoms with Crippen LogP contribution in [0.3, 0.4) is 0 Å². The van der Waals surface area contributed by atoms with Gasteiger partial charge < -0.3 is 32.8 Å². The Morgan fingerprint density at radius 1 is 0.935 bits per heavy atom. The van der Waals surface area contributed by atoms with Crippen molar-refractivity contribution >= 4 is 24.0 Å². The average Bonchev–Trinajstić information content (AvgIpc) is 4.11. The Bertz CT molecular complexity index is 1710. The van der Waals surface area contributed by atoms with Crippen molar-refractivity contribution in [1.29, 1.82) is 0 Å². The minimum atomic E-state index is -0.851. The highest BCUT2D eigenvalue weighted by Gasteiger charge is 2.59. The van der Waals surface area contributed by atoms with E-state index in [0.29, 0.717) is 31.6 Å². The zero-order valence-electron chi connectivity index (χ0n) is 39.1. The summed E-state index contributed by atoms with van der Waals surface area (Å²) in [6.07, 6.45) is 28.0. The molecule has 0 N–H and O–H groups in total. The lowest BCUT2D eigenvalue weighted by Gasteiger charge is -2.34. The van der Waals surface area contributed by atoms with Gasteiger partial charge in [-0.25, -0.2) is 9.78 Å². The Kier molecular flexibility index (Phi) is 19.6. The molecule has 0 saturated carbocycles. The number of allylic oxidation sites excluding steroid dienone is 4. The fourth-order valence-corrected chi connectivity index (χ4v) is 9.29. The molecule has 5 rings (SSSR count). The van der Waals surface area contributed by atoms with Gasteiger partial charge in [0.25, 0.3) is 0 Å². The van der Waals surface area contributed by atoms with E-state index in [0.717, 1.165) is 36.1 Å². The molecule has 11 nitrogen and oxygen atoms in total. The third-order valence-electron chi connectivity index (χ3n) is 13.4. The quantitative estimate of drug-likeness (QED) is 0.0275. The highest BCUT2D eigenvalue weighted by molar-refractivity contribution is 5.78. The lowest BCUT2D eigenvalue weighted by atomic mass is 9.84. The maximum Gasteiger partial charge on any atom is 0.338 e. The van der Waals surface area contributed by atoms with E-state index in [1.54, 1.807) is 13.4 Å². The van der Waals surface area contributed by atoms with Crippen LogP contribution in [0.5, 0.6) is 0 Å². The molecule has 3 saturated heterocycles. The van der Waals surface area contributed by atoms with Gasteiger partial charge in [-0.1, -0.05) is 128 Å². The molecule has 62 heavy (non-hydrogen) atoms. The molecule has 0 aromatic carbocycles. The maximum atomic E-state index is 13.9. The van der Waals surface area contributed by atoms with E-state index >= 15 is 0 Å². The Morgan fingerprint density at radius 3 is 2.24 bits per heavy atom. The number of oxazole rings is 1. The SMILES string of the molecule is CCCCCCCCCCCCCCCC(=O)O[C@H]1C[C@@H]([C@H](C)[C@@H](OC)/C(C)=C/C=C/C(C)=C/c2coc(C)n2)OC(=O)[C@@H]2O[C@@H]2C[C@H]2CC(=O)O[C@H](C2)[C@H](C)/C=C\[C@H]2O[C@@]12C. The van der Waals surface area contributed by atoms with Crippen molar-refractivity contribution in [2.24, 2.45) is 17.8 Å². The van der Waals surface area contributed by atoms with Gasteiger partial charge in [0.05, 0.1) is 12.2 Å². The number of aryl methyl sites for hydroxylation is 1. The lowest BCUT2D eigenvalue weighted by molar-refractivity contribution is -0.164. The second kappa shape index (κ2) is 24.5. The number of hydrogen-bond donors (Lipinski definition) is 0. The van der Waals surface area contributed by atoms with E-state index in [1.807, 2.05) is 71.9 Å². The van der Waals surface area contributed by atoms with E-state index < -0.39 is 36.0 Å². The fourth-order valence-electron chi connectivity index (χ4n) is 9.29. The van der Waals surface area contributed by atoms with E-state index in [-0.39, 0.29) is 54.4 Å². The van der Waals surface area contributed by atoms with Gasteiger partial charge >= 0.3 is 17.9 Å². The number of cyclic esters (lactones) is 1. The number of ether oxygens (including phenoxy) is 6. The van der Waals surface area contributed by atoms with E-state index in [2.05, 4.69) is 18.0 Å². The topological polar surface area (TPSA) is 139 Å². The van der Waals surface area contributed by atoms with Gasteiger partial charge in [0, 0.05) is 45.1 Å². The lowest BCUT2D eigenvalue weighted by Crippen LogP contribution is -2.43. The van der Waals surface area contributed by atoms with E-state index in [9.17, 15) is 14.4 Å². The van der Waals surface area contributed by atoms with Crippen LogP contribution in [0.4, 0.5) is 0 Å². The number of epoxide rings is 2. The first-order valence-electron chi connectivity index (χ1n) is 23.9. The number of fused-ring (bicyclic) bond motifs is 4. The molecule has 0 spiro atoms. The predicted octanol–water partition coefficient (Wildman–Crippen LogP) is 11.1. The summed E-state index contributed by atoms with van der Waals surface area (Å²) in [5, 5.41) is 0. The number of carbonyl (C=O) groups is 3. The second-order valence-corrected chi connectivity index (χ2v) is 18.8. The largest absolute Gasteiger partial charge is 0.462 e. The van der Waals surface area contributed by atoms with Crippen molar-refractivity contribution in [3.8, 4) is 0 Å². The van der Waals surface area contributed by atoms with Gasteiger partial charge in [0.2, 0.25) is 0 Å². The van der Waals surface area contributed by atoms with Crippen LogP contribution in [-0.4, -0.2) is 78.3 Å². The van der Waals surface area contributed by atoms with Gasteiger partial charge in [0.1, 0.15) is 42.0 Å². The molecule has 1 aromatic rings. The molecular formula is C51H77NO10. The number of unbranched alkanes of at least 4 members (excludes halogenated alkanes) is 12. The van der Waals surface area contributed by atoms with Gasteiger partial charge in [-0.15, -0.1) is 0 Å². The highest BCUT2D eigenvalue weighted by atomic mass is 16.7. The highest BCUT2D eigenvalue weighted by Crippen LogP contribution is 2.46. The zero-order chi connectivity index (χ0) is 44.6. The second-order valence-electron chi connectivity index (χ2n) is 18.8. The minimum absolute atomic E-state index is 0.0425. The molecule has 4 aliphatic heterocycles. The third kappa shape index (κ3) is 15.3. The molecular weight excluding hydrogens is 787 g/mol. The van der Waals surface area contributed by atoms with Crippen molar-refractivity contribution in [3.63, 3.8) is 0 Å². The van der Waals surface area contributed by atoms with Crippen molar-refractivity contribution in [2.45, 2.75) is 212 Å². The first kappa shape index (κ1) is 49.5. The number of aromatic nitrogens is 1. The summed E-state index contributed by atoms with van der Waals surface area (Å²) in [4.78, 5) is 44.6. The number of esters is 3. The normalized spacial score (nSPS) is 30.8. The molecule has 0 unspecified atom stereocenters. The molecule has 0 radical (unpaired) electrons. The van der Waals surface area contributed by atoms with Crippen LogP contribution in [-0.2, 0) is 42.8 Å². The Labute approximate surface area is 371 Å². The summed E-state index contributed by atoms with van der Waals surface area (Å²) < 4.78 is 42.3. The summed E-state index contributed by atoms with van der Waals surface area (Å²) in [6, 6.07) is 0. The molecule has 1 aromatic heterocycles. The van der Waals surface area contributed by atoms with Crippen LogP contribution >= 0.6 is 0 Å². The Hall–Kier alpha value is -3.54.